The van der Waals surface area contributed by atoms with Crippen molar-refractivity contribution in [2.24, 2.45) is 5.73 Å². The Kier molecular flexibility index (Phi) is 3.21. The molecule has 1 aromatic rings. The van der Waals surface area contributed by atoms with Crippen LogP contribution >= 0.6 is 0 Å². The van der Waals surface area contributed by atoms with Crippen LogP contribution in [0.1, 0.15) is 15.9 Å². The maximum atomic E-state index is 13.1. The highest BCUT2D eigenvalue weighted by atomic mass is 19.1. The fourth-order valence-electron chi connectivity index (χ4n) is 0.969. The zero-order valence-corrected chi connectivity index (χ0v) is 7.25. The van der Waals surface area contributed by atoms with Gasteiger partial charge in [0, 0.05) is 0 Å². The molecular weight excluding hydrogens is 185 g/mol. The summed E-state index contributed by atoms with van der Waals surface area (Å²) < 4.78 is 13.1. The highest BCUT2D eigenvalue weighted by Crippen LogP contribution is 2.11. The molecule has 1 aromatic carbocycles. The lowest BCUT2D eigenvalue weighted by molar-refractivity contribution is 0.0696. The second-order valence-electron chi connectivity index (χ2n) is 2.47. The number of benzene rings is 1. The number of carboxylic acid groups (broad SMARTS) is 1. The van der Waals surface area contributed by atoms with Crippen LogP contribution < -0.4 is 5.73 Å². The van der Waals surface area contributed by atoms with Gasteiger partial charge in [-0.1, -0.05) is 17.9 Å². The van der Waals surface area contributed by atoms with E-state index in [1.165, 1.54) is 12.1 Å². The van der Waals surface area contributed by atoms with Crippen LogP contribution in [0.5, 0.6) is 0 Å². The summed E-state index contributed by atoms with van der Waals surface area (Å²) in [5.41, 5.74) is 4.84. The molecule has 0 spiro atoms. The smallest absolute Gasteiger partial charge is 0.337 e. The van der Waals surface area contributed by atoms with Crippen molar-refractivity contribution in [3.63, 3.8) is 0 Å². The second-order valence-corrected chi connectivity index (χ2v) is 2.47. The largest absolute Gasteiger partial charge is 0.478 e. The third kappa shape index (κ3) is 2.09. The Bertz CT molecular complexity index is 418. The van der Waals surface area contributed by atoms with Gasteiger partial charge in [0.2, 0.25) is 0 Å². The monoisotopic (exact) mass is 193 g/mol. The summed E-state index contributed by atoms with van der Waals surface area (Å²) in [6.45, 7) is 0.0629. The van der Waals surface area contributed by atoms with E-state index in [0.29, 0.717) is 0 Å². The fraction of sp³-hybridized carbons (Fsp3) is 0.100. The van der Waals surface area contributed by atoms with E-state index in [0.717, 1.165) is 6.07 Å². The van der Waals surface area contributed by atoms with Crippen molar-refractivity contribution in [3.8, 4) is 11.8 Å². The van der Waals surface area contributed by atoms with Gasteiger partial charge in [0.25, 0.3) is 0 Å². The maximum Gasteiger partial charge on any atom is 0.337 e. The Morgan fingerprint density at radius 3 is 2.86 bits per heavy atom. The van der Waals surface area contributed by atoms with E-state index in [1.54, 1.807) is 0 Å². The number of nitrogens with two attached hydrogens (primary N) is 1. The molecule has 0 aliphatic heterocycles. The van der Waals surface area contributed by atoms with E-state index in [2.05, 4.69) is 11.8 Å². The summed E-state index contributed by atoms with van der Waals surface area (Å²) in [4.78, 5) is 10.7. The quantitative estimate of drug-likeness (QED) is 0.649. The molecular formula is C10H8FNO2. The molecule has 0 unspecified atom stereocenters. The normalized spacial score (nSPS) is 9.00. The van der Waals surface area contributed by atoms with Crippen molar-refractivity contribution in [2.75, 3.05) is 6.54 Å². The van der Waals surface area contributed by atoms with E-state index in [-0.39, 0.29) is 17.7 Å². The van der Waals surface area contributed by atoms with Crippen molar-refractivity contribution in [2.45, 2.75) is 0 Å². The number of carbonyl (C=O) groups is 1. The van der Waals surface area contributed by atoms with Crippen LogP contribution in [0.3, 0.4) is 0 Å². The number of halogens is 1. The molecule has 0 saturated heterocycles. The van der Waals surface area contributed by atoms with E-state index in [9.17, 15) is 9.18 Å². The predicted molar refractivity (Wildman–Crippen MR) is 49.3 cm³/mol. The minimum absolute atomic E-state index is 0.0629. The molecule has 0 atom stereocenters. The topological polar surface area (TPSA) is 63.3 Å². The number of carboxylic acids is 1. The molecule has 0 bridgehead atoms. The summed E-state index contributed by atoms with van der Waals surface area (Å²) in [5, 5.41) is 8.72. The molecule has 0 saturated carbocycles. The molecule has 0 amide bonds. The third-order valence-corrected chi connectivity index (χ3v) is 1.56. The van der Waals surface area contributed by atoms with Gasteiger partial charge in [-0.05, 0) is 12.1 Å². The summed E-state index contributed by atoms with van der Waals surface area (Å²) in [5.74, 6) is 2.96. The molecule has 72 valence electrons. The first kappa shape index (κ1) is 10.2. The zero-order valence-electron chi connectivity index (χ0n) is 7.25. The van der Waals surface area contributed by atoms with Gasteiger partial charge in [-0.2, -0.15) is 0 Å². The van der Waals surface area contributed by atoms with Crippen LogP contribution in [-0.2, 0) is 0 Å². The van der Waals surface area contributed by atoms with Crippen LogP contribution in [-0.4, -0.2) is 17.6 Å². The van der Waals surface area contributed by atoms with Crippen molar-refractivity contribution < 1.29 is 14.3 Å². The highest BCUT2D eigenvalue weighted by molar-refractivity contribution is 5.90. The second kappa shape index (κ2) is 4.40. The number of hydrogen-bond donors (Lipinski definition) is 2. The molecule has 3 nitrogen and oxygen atoms in total. The maximum absolute atomic E-state index is 13.1. The molecule has 0 aromatic heterocycles. The number of aromatic carboxylic acids is 1. The molecule has 4 heteroatoms. The van der Waals surface area contributed by atoms with Gasteiger partial charge >= 0.3 is 5.97 Å². The standard InChI is InChI=1S/C10H8FNO2/c11-9-5-1-3-8(10(13)14)7(9)4-2-6-12/h1,3,5H,6,12H2,(H,13,14). The Labute approximate surface area is 80.4 Å². The predicted octanol–water partition coefficient (Wildman–Crippen LogP) is 0.834. The van der Waals surface area contributed by atoms with Crippen LogP contribution in [0, 0.1) is 17.7 Å². The van der Waals surface area contributed by atoms with Crippen molar-refractivity contribution >= 4 is 5.97 Å². The third-order valence-electron chi connectivity index (χ3n) is 1.56. The van der Waals surface area contributed by atoms with Gasteiger partial charge in [-0.3, -0.25) is 0 Å². The Hall–Kier alpha value is -1.86. The lowest BCUT2D eigenvalue weighted by Gasteiger charge is -1.99. The average molecular weight is 193 g/mol. The SMILES string of the molecule is NCC#Cc1c(F)cccc1C(=O)O. The summed E-state index contributed by atoms with van der Waals surface area (Å²) >= 11 is 0. The van der Waals surface area contributed by atoms with E-state index < -0.39 is 11.8 Å². The van der Waals surface area contributed by atoms with Crippen molar-refractivity contribution in [1.29, 1.82) is 0 Å². The van der Waals surface area contributed by atoms with E-state index >= 15 is 0 Å². The van der Waals surface area contributed by atoms with Gasteiger partial charge in [0.15, 0.2) is 0 Å². The zero-order chi connectivity index (χ0) is 10.6. The molecule has 3 N–H and O–H groups in total. The van der Waals surface area contributed by atoms with Gasteiger partial charge in [0.1, 0.15) is 5.82 Å². The molecule has 1 rings (SSSR count). The molecule has 14 heavy (non-hydrogen) atoms. The first-order valence-electron chi connectivity index (χ1n) is 3.87. The van der Waals surface area contributed by atoms with Gasteiger partial charge in [0.05, 0.1) is 17.7 Å². The Balaban J connectivity index is 3.29. The van der Waals surface area contributed by atoms with E-state index in [1.807, 2.05) is 0 Å². The molecule has 0 fully saturated rings. The number of rotatable bonds is 1. The highest BCUT2D eigenvalue weighted by Gasteiger charge is 2.11. The Morgan fingerprint density at radius 1 is 1.57 bits per heavy atom. The minimum Gasteiger partial charge on any atom is -0.478 e. The molecule has 0 aliphatic rings. The fourth-order valence-corrected chi connectivity index (χ4v) is 0.969. The van der Waals surface area contributed by atoms with Crippen molar-refractivity contribution in [1.82, 2.24) is 0 Å². The van der Waals surface area contributed by atoms with Gasteiger partial charge in [-0.15, -0.1) is 0 Å². The molecule has 0 heterocycles. The lowest BCUT2D eigenvalue weighted by Crippen LogP contribution is -2.02. The van der Waals surface area contributed by atoms with E-state index in [4.69, 9.17) is 10.8 Å². The van der Waals surface area contributed by atoms with Crippen LogP contribution in [0.15, 0.2) is 18.2 Å². The van der Waals surface area contributed by atoms with Crippen molar-refractivity contribution in [3.05, 3.63) is 35.1 Å². The minimum atomic E-state index is -1.20. The Morgan fingerprint density at radius 2 is 2.29 bits per heavy atom. The van der Waals surface area contributed by atoms with Gasteiger partial charge < -0.3 is 10.8 Å². The lowest BCUT2D eigenvalue weighted by atomic mass is 10.1. The van der Waals surface area contributed by atoms with Crippen LogP contribution in [0.4, 0.5) is 4.39 Å². The summed E-state index contributed by atoms with van der Waals surface area (Å²) in [7, 11) is 0. The number of hydrogen-bond acceptors (Lipinski definition) is 2. The molecule has 0 radical (unpaired) electrons. The first-order chi connectivity index (χ1) is 6.66. The summed E-state index contributed by atoms with van der Waals surface area (Å²) in [6.07, 6.45) is 0. The average Bonchev–Trinajstić information content (AvgIpc) is 2.15. The first-order valence-corrected chi connectivity index (χ1v) is 3.87. The molecule has 0 aliphatic carbocycles. The summed E-state index contributed by atoms with van der Waals surface area (Å²) in [6, 6.07) is 3.78. The van der Waals surface area contributed by atoms with Crippen LogP contribution in [0.25, 0.3) is 0 Å². The van der Waals surface area contributed by atoms with Crippen LogP contribution in [0.2, 0.25) is 0 Å². The van der Waals surface area contributed by atoms with Gasteiger partial charge in [-0.25, -0.2) is 9.18 Å².